The van der Waals surface area contributed by atoms with Crippen molar-refractivity contribution < 1.29 is 14.8 Å². The number of benzene rings is 2. The van der Waals surface area contributed by atoms with Gasteiger partial charge in [0.05, 0.1) is 4.92 Å². The molecule has 3 N–H and O–H groups in total. The van der Waals surface area contributed by atoms with Gasteiger partial charge in [-0.1, -0.05) is 24.3 Å². The number of carbonyl (C=O) groups is 1. The van der Waals surface area contributed by atoms with Crippen LogP contribution in [0.25, 0.3) is 0 Å². The molecule has 7 nitrogen and oxygen atoms in total. The molecule has 3 unspecified atom stereocenters. The van der Waals surface area contributed by atoms with Crippen LogP contribution in [-0.2, 0) is 11.2 Å². The molecule has 0 amide bonds. The number of nitrogens with zero attached hydrogens (tertiary/aromatic N) is 1. The minimum atomic E-state index is -0.894. The lowest BCUT2D eigenvalue weighted by atomic mass is 10.1. The van der Waals surface area contributed by atoms with Gasteiger partial charge in [-0.05, 0) is 52.3 Å². The number of hydrogen-bond donors (Lipinski definition) is 3. The number of rotatable bonds is 7. The summed E-state index contributed by atoms with van der Waals surface area (Å²) < 4.78 is 1.11. The van der Waals surface area contributed by atoms with Crippen molar-refractivity contribution in [3.05, 3.63) is 73.3 Å². The summed E-state index contributed by atoms with van der Waals surface area (Å²) in [5.74, 6) is -0.138. The summed E-state index contributed by atoms with van der Waals surface area (Å²) in [4.78, 5) is 22.0. The molecule has 3 rings (SSSR count). The highest BCUT2D eigenvalue weighted by Crippen LogP contribution is 2.29. The van der Waals surface area contributed by atoms with E-state index in [0.717, 1.165) is 20.4 Å². The molecular weight excluding hydrogens is 481 g/mol. The fraction of sp³-hybridized carbons (Fsp3) is 0.278. The van der Waals surface area contributed by atoms with Crippen molar-refractivity contribution >= 4 is 46.0 Å². The molecule has 2 aromatic carbocycles. The standard InChI is InChI=1S/C18H18IN3O4S/c19-13-5-1-11(2-6-13)9-15(17(23)24)20-18-21-16(10-27-18)12-3-7-14(8-4-12)22(25)26/h1-8,15-16,18,20-21H,9-10H2,(H,23,24). The number of carboxylic acid groups (broad SMARTS) is 1. The van der Waals surface area contributed by atoms with Gasteiger partial charge in [-0.25, -0.2) is 0 Å². The number of aliphatic carboxylic acids is 1. The summed E-state index contributed by atoms with van der Waals surface area (Å²) >= 11 is 3.81. The van der Waals surface area contributed by atoms with Gasteiger partial charge in [-0.2, -0.15) is 0 Å². The van der Waals surface area contributed by atoms with Crippen LogP contribution < -0.4 is 10.6 Å². The van der Waals surface area contributed by atoms with Gasteiger partial charge in [-0.3, -0.25) is 25.5 Å². The van der Waals surface area contributed by atoms with Crippen LogP contribution in [0.2, 0.25) is 0 Å². The Bertz CT molecular complexity index is 816. The zero-order valence-corrected chi connectivity index (χ0v) is 17.1. The Morgan fingerprint density at radius 1 is 1.30 bits per heavy atom. The topological polar surface area (TPSA) is 104 Å². The van der Waals surface area contributed by atoms with Crippen LogP contribution in [0.15, 0.2) is 48.5 Å². The number of non-ortho nitro benzene ring substituents is 1. The van der Waals surface area contributed by atoms with Crippen LogP contribution in [0.5, 0.6) is 0 Å². The van der Waals surface area contributed by atoms with Crippen LogP contribution in [0.4, 0.5) is 5.69 Å². The summed E-state index contributed by atoms with van der Waals surface area (Å²) in [6.07, 6.45) is 0.396. The van der Waals surface area contributed by atoms with Crippen molar-refractivity contribution in [2.45, 2.75) is 24.0 Å². The predicted octanol–water partition coefficient (Wildman–Crippen LogP) is 3.15. The van der Waals surface area contributed by atoms with E-state index in [2.05, 4.69) is 33.2 Å². The van der Waals surface area contributed by atoms with E-state index in [4.69, 9.17) is 0 Å². The summed E-state index contributed by atoms with van der Waals surface area (Å²) in [7, 11) is 0. The van der Waals surface area contributed by atoms with Crippen LogP contribution in [0, 0.1) is 13.7 Å². The smallest absolute Gasteiger partial charge is 0.321 e. The molecular formula is C18H18IN3O4S. The Hall–Kier alpha value is -1.69. The van der Waals surface area contributed by atoms with Crippen molar-refractivity contribution in [3.63, 3.8) is 0 Å². The Labute approximate surface area is 174 Å². The molecule has 0 spiro atoms. The average Bonchev–Trinajstić information content (AvgIpc) is 3.11. The van der Waals surface area contributed by atoms with E-state index in [-0.39, 0.29) is 17.2 Å². The zero-order chi connectivity index (χ0) is 19.4. The summed E-state index contributed by atoms with van der Waals surface area (Å²) in [6.45, 7) is 0. The largest absolute Gasteiger partial charge is 0.480 e. The Kier molecular flexibility index (Phi) is 6.68. The number of hydrogen-bond acceptors (Lipinski definition) is 6. The second kappa shape index (κ2) is 9.00. The summed E-state index contributed by atoms with van der Waals surface area (Å²) in [6, 6.07) is 13.6. The molecule has 1 heterocycles. The lowest BCUT2D eigenvalue weighted by Gasteiger charge is -2.20. The first-order valence-electron chi connectivity index (χ1n) is 8.27. The van der Waals surface area contributed by atoms with E-state index < -0.39 is 16.9 Å². The summed E-state index contributed by atoms with van der Waals surface area (Å²) in [5, 5.41) is 26.8. The van der Waals surface area contributed by atoms with Gasteiger partial charge in [0.25, 0.3) is 5.69 Å². The molecule has 142 valence electrons. The predicted molar refractivity (Wildman–Crippen MR) is 113 cm³/mol. The third-order valence-corrected chi connectivity index (χ3v) is 6.14. The molecule has 0 aromatic heterocycles. The second-order valence-electron chi connectivity index (χ2n) is 6.17. The highest BCUT2D eigenvalue weighted by Gasteiger charge is 2.29. The monoisotopic (exact) mass is 499 g/mol. The normalized spacial score (nSPS) is 20.3. The molecule has 0 aliphatic carbocycles. The van der Waals surface area contributed by atoms with E-state index in [9.17, 15) is 20.0 Å². The van der Waals surface area contributed by atoms with E-state index >= 15 is 0 Å². The Morgan fingerprint density at radius 3 is 2.56 bits per heavy atom. The van der Waals surface area contributed by atoms with Crippen LogP contribution in [-0.4, -0.2) is 33.3 Å². The third kappa shape index (κ3) is 5.41. The second-order valence-corrected chi connectivity index (χ2v) is 8.55. The fourth-order valence-corrected chi connectivity index (χ4v) is 4.40. The SMILES string of the molecule is O=C(O)C(Cc1ccc(I)cc1)NC1NC(c2ccc([N+](=O)[O-])cc2)CS1. The van der Waals surface area contributed by atoms with Crippen molar-refractivity contribution in [3.8, 4) is 0 Å². The van der Waals surface area contributed by atoms with Crippen LogP contribution in [0.1, 0.15) is 17.2 Å². The molecule has 0 radical (unpaired) electrons. The Balaban J connectivity index is 1.60. The van der Waals surface area contributed by atoms with Gasteiger partial charge in [0.15, 0.2) is 0 Å². The first kappa shape index (κ1) is 20.1. The van der Waals surface area contributed by atoms with E-state index in [1.54, 1.807) is 23.9 Å². The molecule has 2 aromatic rings. The molecule has 1 aliphatic rings. The molecule has 1 saturated heterocycles. The number of thioether (sulfide) groups is 1. The van der Waals surface area contributed by atoms with Gasteiger partial charge in [-0.15, -0.1) is 11.8 Å². The maximum absolute atomic E-state index is 11.6. The molecule has 27 heavy (non-hydrogen) atoms. The van der Waals surface area contributed by atoms with Crippen molar-refractivity contribution in [1.82, 2.24) is 10.6 Å². The number of carboxylic acids is 1. The van der Waals surface area contributed by atoms with Crippen LogP contribution >= 0.6 is 34.4 Å². The molecule has 0 saturated carbocycles. The third-order valence-electron chi connectivity index (χ3n) is 4.29. The fourth-order valence-electron chi connectivity index (χ4n) is 2.84. The molecule has 1 fully saturated rings. The van der Waals surface area contributed by atoms with Crippen LogP contribution in [0.3, 0.4) is 0 Å². The van der Waals surface area contributed by atoms with Gasteiger partial charge in [0, 0.05) is 27.5 Å². The first-order valence-corrected chi connectivity index (χ1v) is 10.4. The maximum atomic E-state index is 11.6. The molecule has 1 aliphatic heterocycles. The summed E-state index contributed by atoms with van der Waals surface area (Å²) in [5.41, 5.74) is 1.77. The number of halogens is 1. The first-order chi connectivity index (χ1) is 12.9. The lowest BCUT2D eigenvalue weighted by molar-refractivity contribution is -0.384. The Morgan fingerprint density at radius 2 is 1.96 bits per heavy atom. The minimum absolute atomic E-state index is 0.0149. The van der Waals surface area contributed by atoms with Gasteiger partial charge < -0.3 is 5.11 Å². The van der Waals surface area contributed by atoms with Gasteiger partial charge in [0.1, 0.15) is 11.5 Å². The van der Waals surface area contributed by atoms with E-state index in [0.29, 0.717) is 6.42 Å². The zero-order valence-electron chi connectivity index (χ0n) is 14.2. The maximum Gasteiger partial charge on any atom is 0.321 e. The van der Waals surface area contributed by atoms with Crippen molar-refractivity contribution in [1.29, 1.82) is 0 Å². The quantitative estimate of drug-likeness (QED) is 0.306. The number of nitro benzene ring substituents is 1. The number of nitro groups is 1. The van der Waals surface area contributed by atoms with Crippen molar-refractivity contribution in [2.75, 3.05) is 5.75 Å². The van der Waals surface area contributed by atoms with Gasteiger partial charge >= 0.3 is 5.97 Å². The molecule has 3 atom stereocenters. The molecule has 9 heteroatoms. The van der Waals surface area contributed by atoms with Crippen molar-refractivity contribution in [2.24, 2.45) is 0 Å². The van der Waals surface area contributed by atoms with E-state index in [1.165, 1.54) is 12.1 Å². The highest BCUT2D eigenvalue weighted by molar-refractivity contribution is 14.1. The van der Waals surface area contributed by atoms with E-state index in [1.807, 2.05) is 24.3 Å². The van der Waals surface area contributed by atoms with Gasteiger partial charge in [0.2, 0.25) is 0 Å². The highest BCUT2D eigenvalue weighted by atomic mass is 127. The minimum Gasteiger partial charge on any atom is -0.480 e. The average molecular weight is 499 g/mol. The number of nitrogens with one attached hydrogen (secondary N) is 2. The molecule has 0 bridgehead atoms. The lowest BCUT2D eigenvalue weighted by Crippen LogP contribution is -2.47.